The lowest BCUT2D eigenvalue weighted by atomic mass is 9.85. The fraction of sp³-hybridized carbons (Fsp3) is 0.368. The second-order valence-electron chi connectivity index (χ2n) is 6.74. The van der Waals surface area contributed by atoms with Crippen LogP contribution in [-0.2, 0) is 6.54 Å². The lowest BCUT2D eigenvalue weighted by Crippen LogP contribution is -2.25. The molecule has 0 aromatic heterocycles. The van der Waals surface area contributed by atoms with E-state index in [1.807, 2.05) is 18.2 Å². The second-order valence-corrected chi connectivity index (χ2v) is 7.18. The standard InChI is InChI=1S/C19H24ClN/c1-19(2,3)13-18(16-9-5-4-6-10-16)21-14-15-8-7-11-17(20)12-15/h4-12,18,21H,13-14H2,1-3H3. The summed E-state index contributed by atoms with van der Waals surface area (Å²) in [5.74, 6) is 0. The Bertz CT molecular complexity index is 557. The van der Waals surface area contributed by atoms with Crippen LogP contribution in [0.15, 0.2) is 54.6 Å². The second kappa shape index (κ2) is 7.11. The van der Waals surface area contributed by atoms with Gasteiger partial charge in [0.25, 0.3) is 0 Å². The van der Waals surface area contributed by atoms with E-state index in [9.17, 15) is 0 Å². The van der Waals surface area contributed by atoms with E-state index in [4.69, 9.17) is 11.6 Å². The highest BCUT2D eigenvalue weighted by molar-refractivity contribution is 6.30. The molecule has 1 N–H and O–H groups in total. The highest BCUT2D eigenvalue weighted by Crippen LogP contribution is 2.29. The molecule has 0 aliphatic rings. The van der Waals surface area contributed by atoms with Gasteiger partial charge in [-0.25, -0.2) is 0 Å². The predicted molar refractivity (Wildman–Crippen MR) is 91.5 cm³/mol. The first kappa shape index (κ1) is 16.1. The number of nitrogens with one attached hydrogen (secondary N) is 1. The monoisotopic (exact) mass is 301 g/mol. The lowest BCUT2D eigenvalue weighted by Gasteiger charge is -2.27. The summed E-state index contributed by atoms with van der Waals surface area (Å²) in [6, 6.07) is 19.1. The molecule has 1 atom stereocenters. The predicted octanol–water partition coefficient (Wildman–Crippen LogP) is 5.61. The summed E-state index contributed by atoms with van der Waals surface area (Å²) in [6.45, 7) is 7.67. The van der Waals surface area contributed by atoms with E-state index in [1.165, 1.54) is 11.1 Å². The molecule has 0 fully saturated rings. The molecule has 0 saturated carbocycles. The minimum atomic E-state index is 0.280. The van der Waals surface area contributed by atoms with E-state index < -0.39 is 0 Å². The van der Waals surface area contributed by atoms with Gasteiger partial charge < -0.3 is 5.32 Å². The number of rotatable bonds is 5. The van der Waals surface area contributed by atoms with Crippen LogP contribution in [0, 0.1) is 5.41 Å². The number of hydrogen-bond acceptors (Lipinski definition) is 1. The van der Waals surface area contributed by atoms with Crippen LogP contribution >= 0.6 is 11.6 Å². The summed E-state index contributed by atoms with van der Waals surface area (Å²) in [7, 11) is 0. The molecule has 0 aliphatic carbocycles. The molecule has 0 aliphatic heterocycles. The van der Waals surface area contributed by atoms with Gasteiger partial charge in [0, 0.05) is 17.6 Å². The van der Waals surface area contributed by atoms with Crippen molar-refractivity contribution in [2.45, 2.75) is 39.8 Å². The molecule has 112 valence electrons. The molecule has 0 radical (unpaired) electrons. The maximum absolute atomic E-state index is 6.06. The zero-order valence-electron chi connectivity index (χ0n) is 13.1. The molecule has 2 rings (SSSR count). The molecule has 2 aromatic carbocycles. The molecular formula is C19H24ClN. The van der Waals surface area contributed by atoms with Crippen LogP contribution in [0.5, 0.6) is 0 Å². The van der Waals surface area contributed by atoms with Crippen LogP contribution in [0.3, 0.4) is 0 Å². The van der Waals surface area contributed by atoms with Gasteiger partial charge in [0.05, 0.1) is 0 Å². The first-order valence-corrected chi connectivity index (χ1v) is 7.85. The van der Waals surface area contributed by atoms with Crippen molar-refractivity contribution in [1.29, 1.82) is 0 Å². The third kappa shape index (κ3) is 5.53. The van der Waals surface area contributed by atoms with E-state index in [-0.39, 0.29) is 5.41 Å². The van der Waals surface area contributed by atoms with Gasteiger partial charge in [-0.3, -0.25) is 0 Å². The van der Waals surface area contributed by atoms with Gasteiger partial charge in [0.2, 0.25) is 0 Å². The number of hydrogen-bond donors (Lipinski definition) is 1. The molecule has 0 amide bonds. The van der Waals surface area contributed by atoms with E-state index in [1.54, 1.807) is 0 Å². The van der Waals surface area contributed by atoms with Gasteiger partial charge in [-0.15, -0.1) is 0 Å². The van der Waals surface area contributed by atoms with Gasteiger partial charge in [-0.1, -0.05) is 74.8 Å². The van der Waals surface area contributed by atoms with Crippen molar-refractivity contribution in [3.63, 3.8) is 0 Å². The zero-order valence-corrected chi connectivity index (χ0v) is 13.8. The van der Waals surface area contributed by atoms with E-state index in [2.05, 4.69) is 62.5 Å². The molecule has 1 unspecified atom stereocenters. The van der Waals surface area contributed by atoms with E-state index in [0.29, 0.717) is 6.04 Å². The molecular weight excluding hydrogens is 278 g/mol. The highest BCUT2D eigenvalue weighted by atomic mass is 35.5. The summed E-state index contributed by atoms with van der Waals surface area (Å²) >= 11 is 6.06. The van der Waals surface area contributed by atoms with Crippen LogP contribution in [-0.4, -0.2) is 0 Å². The third-order valence-corrected chi connectivity index (χ3v) is 3.70. The summed E-state index contributed by atoms with van der Waals surface area (Å²) in [6.07, 6.45) is 1.09. The topological polar surface area (TPSA) is 12.0 Å². The molecule has 2 aromatic rings. The van der Waals surface area contributed by atoms with Crippen LogP contribution in [0.4, 0.5) is 0 Å². The Labute approximate surface area is 133 Å². The van der Waals surface area contributed by atoms with Crippen molar-refractivity contribution in [3.8, 4) is 0 Å². The van der Waals surface area contributed by atoms with Crippen molar-refractivity contribution >= 4 is 11.6 Å². The molecule has 0 spiro atoms. The van der Waals surface area contributed by atoms with E-state index >= 15 is 0 Å². The van der Waals surface area contributed by atoms with Crippen LogP contribution in [0.1, 0.15) is 44.4 Å². The normalized spacial score (nSPS) is 13.1. The maximum Gasteiger partial charge on any atom is 0.0409 e. The Hall–Kier alpha value is -1.31. The first-order valence-electron chi connectivity index (χ1n) is 7.47. The first-order chi connectivity index (χ1) is 9.94. The average molecular weight is 302 g/mol. The molecule has 1 nitrogen and oxygen atoms in total. The lowest BCUT2D eigenvalue weighted by molar-refractivity contribution is 0.310. The Kier molecular flexibility index (Phi) is 5.44. The smallest absolute Gasteiger partial charge is 0.0409 e. The minimum absolute atomic E-state index is 0.280. The minimum Gasteiger partial charge on any atom is -0.306 e. The van der Waals surface area contributed by atoms with Gasteiger partial charge in [-0.2, -0.15) is 0 Å². The molecule has 0 saturated heterocycles. The van der Waals surface area contributed by atoms with Gasteiger partial charge in [-0.05, 0) is 35.1 Å². The van der Waals surface area contributed by atoms with Gasteiger partial charge in [0.1, 0.15) is 0 Å². The SMILES string of the molecule is CC(C)(C)CC(NCc1cccc(Cl)c1)c1ccccc1. The highest BCUT2D eigenvalue weighted by Gasteiger charge is 2.19. The quantitative estimate of drug-likeness (QED) is 0.757. The van der Waals surface area contributed by atoms with Gasteiger partial charge >= 0.3 is 0 Å². The molecule has 0 heterocycles. The summed E-state index contributed by atoms with van der Waals surface area (Å²) in [5.41, 5.74) is 2.84. The largest absolute Gasteiger partial charge is 0.306 e. The van der Waals surface area contributed by atoms with Gasteiger partial charge in [0.15, 0.2) is 0 Å². The zero-order chi connectivity index (χ0) is 15.3. The Morgan fingerprint density at radius 1 is 1.00 bits per heavy atom. The fourth-order valence-electron chi connectivity index (χ4n) is 2.49. The Balaban J connectivity index is 2.09. The average Bonchev–Trinajstić information content (AvgIpc) is 2.43. The van der Waals surface area contributed by atoms with Crippen molar-refractivity contribution in [2.75, 3.05) is 0 Å². The van der Waals surface area contributed by atoms with Crippen molar-refractivity contribution in [3.05, 3.63) is 70.7 Å². The molecule has 0 bridgehead atoms. The van der Waals surface area contributed by atoms with E-state index in [0.717, 1.165) is 18.0 Å². The molecule has 21 heavy (non-hydrogen) atoms. The summed E-state index contributed by atoms with van der Waals surface area (Å²) in [5, 5.41) is 4.47. The Morgan fingerprint density at radius 2 is 1.71 bits per heavy atom. The summed E-state index contributed by atoms with van der Waals surface area (Å²) in [4.78, 5) is 0. The number of benzene rings is 2. The van der Waals surface area contributed by atoms with Crippen LogP contribution < -0.4 is 5.32 Å². The maximum atomic E-state index is 6.06. The Morgan fingerprint density at radius 3 is 2.33 bits per heavy atom. The van der Waals surface area contributed by atoms with Crippen molar-refractivity contribution < 1.29 is 0 Å². The van der Waals surface area contributed by atoms with Crippen molar-refractivity contribution in [2.24, 2.45) is 5.41 Å². The number of halogens is 1. The molecule has 2 heteroatoms. The van der Waals surface area contributed by atoms with Crippen molar-refractivity contribution in [1.82, 2.24) is 5.32 Å². The third-order valence-electron chi connectivity index (χ3n) is 3.46. The fourth-order valence-corrected chi connectivity index (χ4v) is 2.71. The van der Waals surface area contributed by atoms with Crippen LogP contribution in [0.2, 0.25) is 5.02 Å². The summed E-state index contributed by atoms with van der Waals surface area (Å²) < 4.78 is 0. The van der Waals surface area contributed by atoms with Crippen LogP contribution in [0.25, 0.3) is 0 Å².